The summed E-state index contributed by atoms with van der Waals surface area (Å²) in [7, 11) is 0. The van der Waals surface area contributed by atoms with Crippen molar-refractivity contribution in [3.63, 3.8) is 0 Å². The zero-order valence-electron chi connectivity index (χ0n) is 10.9. The van der Waals surface area contributed by atoms with Gasteiger partial charge in [0.1, 0.15) is 11.4 Å². The van der Waals surface area contributed by atoms with Crippen LogP contribution in [0.1, 0.15) is 16.7 Å². The average Bonchev–Trinajstić information content (AvgIpc) is 2.46. The zero-order chi connectivity index (χ0) is 15.0. The Morgan fingerprint density at radius 3 is 2.76 bits per heavy atom. The van der Waals surface area contributed by atoms with E-state index in [1.54, 1.807) is 6.20 Å². The van der Waals surface area contributed by atoms with Gasteiger partial charge in [-0.05, 0) is 42.3 Å². The smallest absolute Gasteiger partial charge is 0.416 e. The molecule has 2 N–H and O–H groups in total. The van der Waals surface area contributed by atoms with Gasteiger partial charge in [-0.1, -0.05) is 0 Å². The third kappa shape index (κ3) is 2.56. The van der Waals surface area contributed by atoms with Crippen LogP contribution in [0.3, 0.4) is 0 Å². The number of nitrogens with one attached hydrogen (secondary N) is 1. The molecule has 3 rings (SSSR count). The molecule has 1 aromatic carbocycles. The first-order valence-electron chi connectivity index (χ1n) is 6.41. The minimum atomic E-state index is -4.48. The molecule has 0 spiro atoms. The van der Waals surface area contributed by atoms with Gasteiger partial charge in [-0.3, -0.25) is 0 Å². The van der Waals surface area contributed by atoms with E-state index in [0.29, 0.717) is 18.7 Å². The normalized spacial score (nSPS) is 14.8. The van der Waals surface area contributed by atoms with E-state index in [2.05, 4.69) is 15.5 Å². The number of benzene rings is 1. The van der Waals surface area contributed by atoms with Crippen LogP contribution in [0.5, 0.6) is 5.75 Å². The molecule has 0 atom stereocenters. The molecule has 1 aromatic heterocycles. The lowest BCUT2D eigenvalue weighted by Crippen LogP contribution is -2.24. The number of aromatic hydroxyl groups is 1. The predicted molar refractivity (Wildman–Crippen MR) is 69.5 cm³/mol. The van der Waals surface area contributed by atoms with E-state index in [0.717, 1.165) is 29.8 Å². The molecular formula is C14H12F3N3O. The maximum Gasteiger partial charge on any atom is 0.416 e. The molecule has 4 nitrogen and oxygen atoms in total. The molecule has 2 heterocycles. The summed E-state index contributed by atoms with van der Waals surface area (Å²) >= 11 is 0. The van der Waals surface area contributed by atoms with Crippen molar-refractivity contribution in [2.45, 2.75) is 19.1 Å². The summed E-state index contributed by atoms with van der Waals surface area (Å²) in [6, 6.07) is 2.90. The molecule has 0 bridgehead atoms. The lowest BCUT2D eigenvalue weighted by atomic mass is 9.96. The van der Waals surface area contributed by atoms with E-state index in [1.807, 2.05) is 0 Å². The van der Waals surface area contributed by atoms with E-state index in [-0.39, 0.29) is 5.56 Å². The summed E-state index contributed by atoms with van der Waals surface area (Å²) in [6.45, 7) is 1.40. The number of hydrogen-bond acceptors (Lipinski definition) is 4. The highest BCUT2D eigenvalue weighted by atomic mass is 19.4. The first kappa shape index (κ1) is 13.8. The summed E-state index contributed by atoms with van der Waals surface area (Å²) in [5.41, 5.74) is 1.70. The van der Waals surface area contributed by atoms with Crippen molar-refractivity contribution >= 4 is 0 Å². The number of halogens is 3. The van der Waals surface area contributed by atoms with Gasteiger partial charge in [-0.2, -0.15) is 23.4 Å². The van der Waals surface area contributed by atoms with Gasteiger partial charge in [0, 0.05) is 12.1 Å². The van der Waals surface area contributed by atoms with Crippen LogP contribution in [0.15, 0.2) is 24.4 Å². The molecule has 0 aliphatic carbocycles. The number of alkyl halides is 3. The second-order valence-electron chi connectivity index (χ2n) is 4.85. The van der Waals surface area contributed by atoms with Crippen molar-refractivity contribution in [2.75, 3.05) is 6.54 Å². The van der Waals surface area contributed by atoms with Gasteiger partial charge in [-0.15, -0.1) is 0 Å². The second kappa shape index (κ2) is 5.00. The Hall–Kier alpha value is -2.15. The molecule has 110 valence electrons. The van der Waals surface area contributed by atoms with Crippen molar-refractivity contribution in [1.82, 2.24) is 15.5 Å². The highest BCUT2D eigenvalue weighted by Gasteiger charge is 2.31. The molecule has 2 aromatic rings. The molecule has 7 heteroatoms. The topological polar surface area (TPSA) is 58.0 Å². The van der Waals surface area contributed by atoms with Crippen LogP contribution in [0, 0.1) is 0 Å². The van der Waals surface area contributed by atoms with Crippen molar-refractivity contribution in [1.29, 1.82) is 0 Å². The monoisotopic (exact) mass is 295 g/mol. The van der Waals surface area contributed by atoms with Crippen LogP contribution in [0.2, 0.25) is 0 Å². The first-order chi connectivity index (χ1) is 9.97. The molecule has 21 heavy (non-hydrogen) atoms. The molecule has 1 aliphatic heterocycles. The van der Waals surface area contributed by atoms with Gasteiger partial charge in [0.15, 0.2) is 0 Å². The van der Waals surface area contributed by atoms with Gasteiger partial charge < -0.3 is 10.4 Å². The fourth-order valence-electron chi connectivity index (χ4n) is 2.44. The summed E-state index contributed by atoms with van der Waals surface area (Å²) in [6.07, 6.45) is -2.16. The number of phenolic OH excluding ortho intramolecular Hbond substituents is 1. The number of fused-ring (bicyclic) bond motifs is 1. The van der Waals surface area contributed by atoms with Crippen LogP contribution in [0.25, 0.3) is 11.3 Å². The lowest BCUT2D eigenvalue weighted by molar-refractivity contribution is -0.137. The zero-order valence-corrected chi connectivity index (χ0v) is 10.9. The SMILES string of the molecule is Oc1cc(C(F)(F)F)ccc1-c1nncc2c1CCNC2. The largest absolute Gasteiger partial charge is 0.507 e. The van der Waals surface area contributed by atoms with Crippen LogP contribution in [-0.4, -0.2) is 21.8 Å². The third-order valence-electron chi connectivity index (χ3n) is 3.49. The molecule has 0 unspecified atom stereocenters. The van der Waals surface area contributed by atoms with Crippen molar-refractivity contribution in [2.24, 2.45) is 0 Å². The minimum Gasteiger partial charge on any atom is -0.507 e. The highest BCUT2D eigenvalue weighted by molar-refractivity contribution is 5.71. The van der Waals surface area contributed by atoms with E-state index in [9.17, 15) is 18.3 Å². The number of aromatic nitrogens is 2. The Morgan fingerprint density at radius 1 is 1.24 bits per heavy atom. The van der Waals surface area contributed by atoms with E-state index >= 15 is 0 Å². The summed E-state index contributed by atoms with van der Waals surface area (Å²) < 4.78 is 37.9. The molecule has 0 amide bonds. The van der Waals surface area contributed by atoms with Gasteiger partial charge in [0.25, 0.3) is 0 Å². The summed E-state index contributed by atoms with van der Waals surface area (Å²) in [5.74, 6) is -0.439. The van der Waals surface area contributed by atoms with Crippen LogP contribution >= 0.6 is 0 Å². The van der Waals surface area contributed by atoms with Gasteiger partial charge in [-0.25, -0.2) is 0 Å². The molecule has 0 saturated carbocycles. The first-order valence-corrected chi connectivity index (χ1v) is 6.41. The number of nitrogens with zero attached hydrogens (tertiary/aromatic N) is 2. The Balaban J connectivity index is 2.10. The average molecular weight is 295 g/mol. The van der Waals surface area contributed by atoms with Crippen LogP contribution in [0.4, 0.5) is 13.2 Å². The number of phenols is 1. The van der Waals surface area contributed by atoms with E-state index < -0.39 is 17.5 Å². The maximum atomic E-state index is 12.6. The molecule has 0 saturated heterocycles. The highest BCUT2D eigenvalue weighted by Crippen LogP contribution is 2.37. The fraction of sp³-hybridized carbons (Fsp3) is 0.286. The lowest BCUT2D eigenvalue weighted by Gasteiger charge is -2.19. The quantitative estimate of drug-likeness (QED) is 0.849. The standard InChI is InChI=1S/C14H12F3N3O/c15-14(16,17)9-1-2-11(12(21)5-9)13-10-3-4-18-6-8(10)7-19-20-13/h1-2,5,7,18,21H,3-4,6H2. The summed E-state index contributed by atoms with van der Waals surface area (Å²) in [5, 5.41) is 21.0. The third-order valence-corrected chi connectivity index (χ3v) is 3.49. The van der Waals surface area contributed by atoms with Gasteiger partial charge in [0.2, 0.25) is 0 Å². The molecule has 0 fully saturated rings. The summed E-state index contributed by atoms with van der Waals surface area (Å²) in [4.78, 5) is 0. The van der Waals surface area contributed by atoms with Crippen LogP contribution in [-0.2, 0) is 19.1 Å². The van der Waals surface area contributed by atoms with Gasteiger partial charge >= 0.3 is 6.18 Å². The molecule has 0 radical (unpaired) electrons. The minimum absolute atomic E-state index is 0.272. The Morgan fingerprint density at radius 2 is 2.05 bits per heavy atom. The Bertz CT molecular complexity index is 686. The van der Waals surface area contributed by atoms with E-state index in [4.69, 9.17) is 0 Å². The van der Waals surface area contributed by atoms with Gasteiger partial charge in [0.05, 0.1) is 11.8 Å². The number of hydrogen-bond donors (Lipinski definition) is 2. The van der Waals surface area contributed by atoms with Crippen molar-refractivity contribution < 1.29 is 18.3 Å². The predicted octanol–water partition coefficient (Wildman–Crippen LogP) is 2.51. The van der Waals surface area contributed by atoms with E-state index in [1.165, 1.54) is 6.07 Å². The molecule has 1 aliphatic rings. The maximum absolute atomic E-state index is 12.6. The van der Waals surface area contributed by atoms with Crippen molar-refractivity contribution in [3.05, 3.63) is 41.1 Å². The second-order valence-corrected chi connectivity index (χ2v) is 4.85. The van der Waals surface area contributed by atoms with Crippen LogP contribution < -0.4 is 5.32 Å². The van der Waals surface area contributed by atoms with Crippen molar-refractivity contribution in [3.8, 4) is 17.0 Å². The Kier molecular flexibility index (Phi) is 3.29. The Labute approximate surface area is 118 Å². The molecular weight excluding hydrogens is 283 g/mol. The number of rotatable bonds is 1. The fourth-order valence-corrected chi connectivity index (χ4v) is 2.44.